The predicted octanol–water partition coefficient (Wildman–Crippen LogP) is 7.25. The van der Waals surface area contributed by atoms with Crippen molar-refractivity contribution in [3.63, 3.8) is 0 Å². The van der Waals surface area contributed by atoms with Gasteiger partial charge in [-0.15, -0.1) is 0 Å². The Kier molecular flexibility index (Phi) is 5.01. The number of likely N-dealkylation sites (N-methyl/N-ethyl adjacent to an activating group) is 1. The van der Waals surface area contributed by atoms with Crippen molar-refractivity contribution in [1.82, 2.24) is 14.0 Å². The van der Waals surface area contributed by atoms with Gasteiger partial charge in [-0.1, -0.05) is 54.6 Å². The van der Waals surface area contributed by atoms with E-state index >= 15 is 0 Å². The van der Waals surface area contributed by atoms with Crippen LogP contribution in [0.5, 0.6) is 0 Å². The molecule has 9 rings (SSSR count). The molecule has 4 aromatic carbocycles. The monoisotopic (exact) mass is 567 g/mol. The van der Waals surface area contributed by atoms with Crippen LogP contribution in [0.4, 0.5) is 0 Å². The number of para-hydroxylation sites is 2. The summed E-state index contributed by atoms with van der Waals surface area (Å²) in [6.45, 7) is 2.33. The second-order valence-corrected chi connectivity index (χ2v) is 12.9. The number of fused-ring (bicyclic) bond motifs is 13. The van der Waals surface area contributed by atoms with Crippen LogP contribution < -0.4 is 0 Å². The molecule has 1 saturated carbocycles. The summed E-state index contributed by atoms with van der Waals surface area (Å²) in [5, 5.41) is 4.64. The molecule has 0 radical (unpaired) electrons. The maximum absolute atomic E-state index is 13.9. The highest BCUT2D eigenvalue weighted by Crippen LogP contribution is 2.55. The first-order valence-electron chi connectivity index (χ1n) is 15.3. The molecule has 0 saturated heterocycles. The molecule has 2 bridgehead atoms. The highest BCUT2D eigenvalue weighted by atomic mass is 16.5. The fourth-order valence-corrected chi connectivity index (χ4v) is 9.24. The Morgan fingerprint density at radius 1 is 0.884 bits per heavy atom. The van der Waals surface area contributed by atoms with Gasteiger partial charge in [-0.2, -0.15) is 0 Å². The van der Waals surface area contributed by atoms with E-state index in [4.69, 9.17) is 4.74 Å². The number of nitrogens with zero attached hydrogens (tertiary/aromatic N) is 3. The average molecular weight is 568 g/mol. The number of amides is 1. The molecule has 3 heterocycles. The van der Waals surface area contributed by atoms with Crippen LogP contribution in [-0.4, -0.2) is 52.0 Å². The summed E-state index contributed by atoms with van der Waals surface area (Å²) in [4.78, 5) is 29.5. The summed E-state index contributed by atoms with van der Waals surface area (Å²) < 4.78 is 11.6. The van der Waals surface area contributed by atoms with Gasteiger partial charge >= 0.3 is 0 Å². The lowest BCUT2D eigenvalue weighted by Crippen LogP contribution is -2.60. The van der Waals surface area contributed by atoms with Crippen LogP contribution in [-0.2, 0) is 16.7 Å². The quantitative estimate of drug-likeness (QED) is 0.226. The van der Waals surface area contributed by atoms with Gasteiger partial charge in [-0.25, -0.2) is 0 Å². The van der Waals surface area contributed by atoms with Crippen LogP contribution in [0.2, 0.25) is 0 Å². The van der Waals surface area contributed by atoms with Gasteiger partial charge in [-0.3, -0.25) is 9.59 Å². The van der Waals surface area contributed by atoms with Crippen LogP contribution in [0.3, 0.4) is 0 Å². The van der Waals surface area contributed by atoms with E-state index in [1.54, 1.807) is 7.11 Å². The Hall–Kier alpha value is -4.42. The van der Waals surface area contributed by atoms with Crippen molar-refractivity contribution in [2.45, 2.75) is 56.3 Å². The van der Waals surface area contributed by atoms with Gasteiger partial charge in [0.05, 0.1) is 22.6 Å². The molecule has 6 nitrogen and oxygen atoms in total. The second kappa shape index (κ2) is 8.57. The van der Waals surface area contributed by atoms with Crippen molar-refractivity contribution in [2.24, 2.45) is 0 Å². The first kappa shape index (κ1) is 25.1. The van der Waals surface area contributed by atoms with Crippen LogP contribution in [0.15, 0.2) is 78.9 Å². The molecular formula is C37H33N3O3. The zero-order valence-corrected chi connectivity index (χ0v) is 24.6. The van der Waals surface area contributed by atoms with E-state index in [1.807, 2.05) is 42.3 Å². The lowest BCUT2D eigenvalue weighted by atomic mass is 9.74. The summed E-state index contributed by atoms with van der Waals surface area (Å²) in [6, 6.07) is 26.7. The molecule has 6 aromatic rings. The number of hydrogen-bond donors (Lipinski definition) is 0. The molecule has 1 amide bonds. The number of aryl methyl sites for hydroxylation is 1. The fraction of sp³-hybridized carbons (Fsp3) is 0.297. The first-order valence-corrected chi connectivity index (χ1v) is 15.3. The Balaban J connectivity index is 1.43. The highest BCUT2D eigenvalue weighted by molar-refractivity contribution is 6.31. The summed E-state index contributed by atoms with van der Waals surface area (Å²) in [5.41, 5.74) is 6.99. The third kappa shape index (κ3) is 3.02. The normalized spacial score (nSPS) is 24.3. The Labute approximate surface area is 249 Å². The lowest BCUT2D eigenvalue weighted by molar-refractivity contribution is -0.0774. The number of ketones is 1. The molecule has 1 aliphatic heterocycles. The average Bonchev–Trinajstić information content (AvgIpc) is 3.68. The topological polar surface area (TPSA) is 56.5 Å². The largest absolute Gasteiger partial charge is 0.377 e. The Morgan fingerprint density at radius 2 is 1.56 bits per heavy atom. The minimum absolute atomic E-state index is 0.00186. The van der Waals surface area contributed by atoms with Crippen molar-refractivity contribution in [3.05, 3.63) is 95.6 Å². The molecule has 4 atom stereocenters. The van der Waals surface area contributed by atoms with Gasteiger partial charge in [-0.05, 0) is 56.0 Å². The minimum atomic E-state index is -0.460. The van der Waals surface area contributed by atoms with Gasteiger partial charge in [0.25, 0.3) is 5.91 Å². The molecule has 0 unspecified atom stereocenters. The number of carbonyl (C=O) groups excluding carboxylic acids is 2. The van der Waals surface area contributed by atoms with Crippen LogP contribution in [0.25, 0.3) is 43.6 Å². The number of methoxy groups -OCH3 is 1. The molecule has 43 heavy (non-hydrogen) atoms. The molecule has 0 N–H and O–H groups in total. The van der Waals surface area contributed by atoms with Crippen molar-refractivity contribution in [1.29, 1.82) is 0 Å². The smallest absolute Gasteiger partial charge is 0.253 e. The first-order chi connectivity index (χ1) is 20.9. The molecule has 2 aliphatic carbocycles. The standard InChI is InChI=1S/C37H33N3O3/c1-37-20-22(19-28(35(37)43-3)38(2)36(42)21-11-5-4-6-12-21)39-26-15-9-7-13-23(26)32-31-25(17-18-29(31)41)30-24-14-8-10-16-27(24)40(37)34(30)33(32)39/h4-16,22,28,35H,17-20H2,1-3H3/t22-,28+,35+,37-/m0/s1. The molecule has 1 fully saturated rings. The van der Waals surface area contributed by atoms with Crippen LogP contribution >= 0.6 is 0 Å². The second-order valence-electron chi connectivity index (χ2n) is 12.9. The maximum atomic E-state index is 13.9. The molecule has 2 aromatic heterocycles. The zero-order valence-electron chi connectivity index (χ0n) is 24.6. The van der Waals surface area contributed by atoms with Crippen molar-refractivity contribution >= 4 is 55.3 Å². The summed E-state index contributed by atoms with van der Waals surface area (Å²) in [7, 11) is 3.73. The van der Waals surface area contributed by atoms with Crippen molar-refractivity contribution < 1.29 is 14.3 Å². The number of carbonyl (C=O) groups is 2. The van der Waals surface area contributed by atoms with E-state index in [0.29, 0.717) is 12.0 Å². The third-order valence-electron chi connectivity index (χ3n) is 10.8. The fourth-order valence-electron chi connectivity index (χ4n) is 9.24. The zero-order chi connectivity index (χ0) is 29.2. The molecule has 6 heteroatoms. The summed E-state index contributed by atoms with van der Waals surface area (Å²) in [5.74, 6) is 0.248. The van der Waals surface area contributed by atoms with Gasteiger partial charge in [0.1, 0.15) is 6.10 Å². The molecule has 3 aliphatic rings. The van der Waals surface area contributed by atoms with E-state index in [2.05, 4.69) is 64.6 Å². The maximum Gasteiger partial charge on any atom is 0.253 e. The summed E-state index contributed by atoms with van der Waals surface area (Å²) in [6.07, 6.45) is 2.68. The Bertz CT molecular complexity index is 2170. The SMILES string of the molecule is CO[C@@H]1[C@H](N(C)C(=O)c2ccccc2)C[C@H]2C[C@]1(C)n1c3ccccc3c3c4c(c5c6ccccc6n2c5c31)C(=O)CC4. The number of benzene rings is 4. The van der Waals surface area contributed by atoms with Crippen molar-refractivity contribution in [2.75, 3.05) is 14.2 Å². The van der Waals surface area contributed by atoms with Gasteiger partial charge in [0.15, 0.2) is 5.78 Å². The Morgan fingerprint density at radius 3 is 2.30 bits per heavy atom. The lowest BCUT2D eigenvalue weighted by Gasteiger charge is -2.51. The van der Waals surface area contributed by atoms with E-state index in [9.17, 15) is 9.59 Å². The number of ether oxygens (including phenoxy) is 1. The van der Waals surface area contributed by atoms with E-state index in [0.717, 1.165) is 52.1 Å². The van der Waals surface area contributed by atoms with Crippen LogP contribution in [0.1, 0.15) is 58.5 Å². The van der Waals surface area contributed by atoms with E-state index in [1.165, 1.54) is 21.9 Å². The van der Waals surface area contributed by atoms with Crippen LogP contribution in [0, 0.1) is 0 Å². The van der Waals surface area contributed by atoms with Gasteiger partial charge < -0.3 is 18.8 Å². The van der Waals surface area contributed by atoms with Gasteiger partial charge in [0, 0.05) is 70.3 Å². The van der Waals surface area contributed by atoms with Gasteiger partial charge in [0.2, 0.25) is 0 Å². The number of hydrogen-bond acceptors (Lipinski definition) is 3. The van der Waals surface area contributed by atoms with E-state index < -0.39 is 5.54 Å². The highest BCUT2D eigenvalue weighted by Gasteiger charge is 2.53. The number of aromatic nitrogens is 2. The number of rotatable bonds is 3. The number of Topliss-reactive ketones (excluding diaryl/α,β-unsaturated/α-hetero) is 1. The third-order valence-corrected chi connectivity index (χ3v) is 10.8. The minimum Gasteiger partial charge on any atom is -0.377 e. The molecular weight excluding hydrogens is 534 g/mol. The molecule has 214 valence electrons. The van der Waals surface area contributed by atoms with Crippen molar-refractivity contribution in [3.8, 4) is 0 Å². The molecule has 0 spiro atoms. The summed E-state index contributed by atoms with van der Waals surface area (Å²) >= 11 is 0. The van der Waals surface area contributed by atoms with E-state index in [-0.39, 0.29) is 29.9 Å². The predicted molar refractivity (Wildman–Crippen MR) is 170 cm³/mol.